The minimum atomic E-state index is -4.45. The molecule has 2 rings (SSSR count). The van der Waals surface area contributed by atoms with E-state index < -0.39 is 17.7 Å². The van der Waals surface area contributed by atoms with Gasteiger partial charge >= 0.3 is 12.1 Å². The average molecular weight is 317 g/mol. The molecule has 0 unspecified atom stereocenters. The van der Waals surface area contributed by atoms with Crippen molar-refractivity contribution in [3.63, 3.8) is 0 Å². The molecule has 0 amide bonds. The smallest absolute Gasteiger partial charge is 0.417 e. The third kappa shape index (κ3) is 3.63. The van der Waals surface area contributed by atoms with Gasteiger partial charge in [-0.15, -0.1) is 0 Å². The first kappa shape index (κ1) is 15.1. The summed E-state index contributed by atoms with van der Waals surface area (Å²) in [5.74, 6) is -0.985. The molecular weight excluding hydrogens is 309 g/mol. The van der Waals surface area contributed by atoms with E-state index in [1.807, 2.05) is 0 Å². The summed E-state index contributed by atoms with van der Waals surface area (Å²) < 4.78 is 37.2. The van der Waals surface area contributed by atoms with Crippen LogP contribution >= 0.6 is 11.6 Å². The van der Waals surface area contributed by atoms with Crippen molar-refractivity contribution in [1.29, 1.82) is 0 Å². The molecule has 0 radical (unpaired) electrons. The highest BCUT2D eigenvalue weighted by Gasteiger charge is 2.30. The second-order valence-electron chi connectivity index (χ2n) is 4.05. The Morgan fingerprint density at radius 2 is 1.95 bits per heavy atom. The highest BCUT2D eigenvalue weighted by molar-refractivity contribution is 6.33. The SMILES string of the molecule is O=C(O)c1ccc(Nc2ccc(C(F)(F)F)cn2)cc1Cl. The Morgan fingerprint density at radius 1 is 1.24 bits per heavy atom. The van der Waals surface area contributed by atoms with E-state index in [-0.39, 0.29) is 16.4 Å². The van der Waals surface area contributed by atoms with Crippen LogP contribution in [0.25, 0.3) is 0 Å². The van der Waals surface area contributed by atoms with E-state index in [2.05, 4.69) is 10.3 Å². The quantitative estimate of drug-likeness (QED) is 0.891. The standard InChI is InChI=1S/C13H8ClF3N2O2/c14-10-5-8(2-3-9(10)12(20)21)19-11-4-1-7(6-18-11)13(15,16)17/h1-6H,(H,18,19)(H,20,21). The lowest BCUT2D eigenvalue weighted by atomic mass is 10.2. The predicted octanol–water partition coefficient (Wildman–Crippen LogP) is 4.20. The molecule has 0 spiro atoms. The first-order chi connectivity index (χ1) is 9.77. The van der Waals surface area contributed by atoms with Crippen LogP contribution in [0.4, 0.5) is 24.7 Å². The number of nitrogens with one attached hydrogen (secondary N) is 1. The minimum Gasteiger partial charge on any atom is -0.478 e. The highest BCUT2D eigenvalue weighted by atomic mass is 35.5. The highest BCUT2D eigenvalue weighted by Crippen LogP contribution is 2.29. The van der Waals surface area contributed by atoms with Crippen molar-refractivity contribution in [3.05, 3.63) is 52.7 Å². The van der Waals surface area contributed by atoms with Gasteiger partial charge in [0.25, 0.3) is 0 Å². The largest absolute Gasteiger partial charge is 0.478 e. The number of aromatic carboxylic acids is 1. The Morgan fingerprint density at radius 3 is 2.43 bits per heavy atom. The molecule has 2 N–H and O–H groups in total. The third-order valence-corrected chi connectivity index (χ3v) is 2.88. The summed E-state index contributed by atoms with van der Waals surface area (Å²) in [7, 11) is 0. The molecule has 0 aliphatic carbocycles. The lowest BCUT2D eigenvalue weighted by molar-refractivity contribution is -0.137. The third-order valence-electron chi connectivity index (χ3n) is 2.56. The van der Waals surface area contributed by atoms with Crippen molar-refractivity contribution in [2.45, 2.75) is 6.18 Å². The Hall–Kier alpha value is -2.28. The minimum absolute atomic E-state index is 0.0133. The number of carboxylic acid groups (broad SMARTS) is 1. The van der Waals surface area contributed by atoms with Crippen LogP contribution < -0.4 is 5.32 Å². The fourth-order valence-corrected chi connectivity index (χ4v) is 1.81. The molecule has 8 heteroatoms. The maximum Gasteiger partial charge on any atom is 0.417 e. The van der Waals surface area contributed by atoms with E-state index in [4.69, 9.17) is 16.7 Å². The van der Waals surface area contributed by atoms with Crippen molar-refractivity contribution in [1.82, 2.24) is 4.98 Å². The van der Waals surface area contributed by atoms with Gasteiger partial charge in [0.2, 0.25) is 0 Å². The number of nitrogens with zero attached hydrogens (tertiary/aromatic N) is 1. The molecule has 110 valence electrons. The van der Waals surface area contributed by atoms with Crippen LogP contribution in [-0.4, -0.2) is 16.1 Å². The first-order valence-electron chi connectivity index (χ1n) is 5.60. The van der Waals surface area contributed by atoms with Gasteiger partial charge in [0.05, 0.1) is 16.1 Å². The zero-order valence-corrected chi connectivity index (χ0v) is 11.0. The normalized spacial score (nSPS) is 11.2. The molecule has 0 aliphatic heterocycles. The number of benzene rings is 1. The molecule has 0 atom stereocenters. The van der Waals surface area contributed by atoms with Crippen LogP contribution in [0.15, 0.2) is 36.5 Å². The fraction of sp³-hybridized carbons (Fsp3) is 0.0769. The Bertz CT molecular complexity index is 672. The Kier molecular flexibility index (Phi) is 4.04. The van der Waals surface area contributed by atoms with E-state index in [1.54, 1.807) is 0 Å². The predicted molar refractivity (Wildman–Crippen MR) is 70.9 cm³/mol. The van der Waals surface area contributed by atoms with Gasteiger partial charge in [0.15, 0.2) is 0 Å². The lowest BCUT2D eigenvalue weighted by Gasteiger charge is -2.09. The number of anilines is 2. The topological polar surface area (TPSA) is 62.2 Å². The number of carbonyl (C=O) groups is 1. The summed E-state index contributed by atoms with van der Waals surface area (Å²) in [6, 6.07) is 6.14. The number of hydrogen-bond donors (Lipinski definition) is 2. The molecule has 21 heavy (non-hydrogen) atoms. The van der Waals surface area contributed by atoms with E-state index in [1.165, 1.54) is 24.3 Å². The van der Waals surface area contributed by atoms with Crippen molar-refractivity contribution in [3.8, 4) is 0 Å². The van der Waals surface area contributed by atoms with Gasteiger partial charge in [-0.05, 0) is 30.3 Å². The number of carboxylic acids is 1. The van der Waals surface area contributed by atoms with Crippen molar-refractivity contribution in [2.75, 3.05) is 5.32 Å². The van der Waals surface area contributed by atoms with Crippen molar-refractivity contribution < 1.29 is 23.1 Å². The van der Waals surface area contributed by atoms with Gasteiger partial charge in [-0.25, -0.2) is 9.78 Å². The van der Waals surface area contributed by atoms with Gasteiger partial charge in [0, 0.05) is 11.9 Å². The molecule has 1 heterocycles. The number of aromatic nitrogens is 1. The number of hydrogen-bond acceptors (Lipinski definition) is 3. The number of alkyl halides is 3. The number of pyridine rings is 1. The maximum absolute atomic E-state index is 12.4. The van der Waals surface area contributed by atoms with Crippen molar-refractivity contribution in [2.24, 2.45) is 0 Å². The summed E-state index contributed by atoms with van der Waals surface area (Å²) in [4.78, 5) is 14.4. The van der Waals surface area contributed by atoms with Crippen LogP contribution in [0, 0.1) is 0 Å². The fourth-order valence-electron chi connectivity index (χ4n) is 1.55. The molecule has 0 bridgehead atoms. The van der Waals surface area contributed by atoms with Crippen LogP contribution in [0.3, 0.4) is 0 Å². The summed E-state index contributed by atoms with van der Waals surface area (Å²) in [5, 5.41) is 11.6. The van der Waals surface area contributed by atoms with E-state index in [9.17, 15) is 18.0 Å². The van der Waals surface area contributed by atoms with Crippen LogP contribution in [0.5, 0.6) is 0 Å². The molecule has 4 nitrogen and oxygen atoms in total. The Labute approximate surface area is 122 Å². The maximum atomic E-state index is 12.4. The molecule has 1 aromatic carbocycles. The summed E-state index contributed by atoms with van der Waals surface area (Å²) >= 11 is 5.79. The zero-order valence-electron chi connectivity index (χ0n) is 10.3. The average Bonchev–Trinajstić information content (AvgIpc) is 2.38. The van der Waals surface area contributed by atoms with Gasteiger partial charge in [-0.3, -0.25) is 0 Å². The first-order valence-corrected chi connectivity index (χ1v) is 5.98. The van der Waals surface area contributed by atoms with Gasteiger partial charge < -0.3 is 10.4 Å². The van der Waals surface area contributed by atoms with Crippen LogP contribution in [0.1, 0.15) is 15.9 Å². The summed E-state index contributed by atoms with van der Waals surface area (Å²) in [5.41, 5.74) is -0.507. The van der Waals surface area contributed by atoms with Crippen LogP contribution in [-0.2, 0) is 6.18 Å². The molecule has 0 saturated carbocycles. The van der Waals surface area contributed by atoms with E-state index >= 15 is 0 Å². The van der Waals surface area contributed by atoms with Gasteiger partial charge in [-0.1, -0.05) is 11.6 Å². The second kappa shape index (κ2) is 5.61. The molecule has 2 aromatic rings. The lowest BCUT2D eigenvalue weighted by Crippen LogP contribution is -2.06. The molecular formula is C13H8ClF3N2O2. The summed E-state index contributed by atoms with van der Waals surface area (Å²) in [6.45, 7) is 0. The zero-order chi connectivity index (χ0) is 15.6. The molecule has 1 aromatic heterocycles. The van der Waals surface area contributed by atoms with Crippen LogP contribution in [0.2, 0.25) is 5.02 Å². The summed E-state index contributed by atoms with van der Waals surface area (Å²) in [6.07, 6.45) is -3.74. The molecule has 0 fully saturated rings. The molecule has 0 aliphatic rings. The van der Waals surface area contributed by atoms with Gasteiger partial charge in [0.1, 0.15) is 5.82 Å². The van der Waals surface area contributed by atoms with Gasteiger partial charge in [-0.2, -0.15) is 13.2 Å². The molecule has 0 saturated heterocycles. The number of halogens is 4. The van der Waals surface area contributed by atoms with Crippen molar-refractivity contribution >= 4 is 29.1 Å². The monoisotopic (exact) mass is 316 g/mol. The Balaban J connectivity index is 2.19. The number of rotatable bonds is 3. The second-order valence-corrected chi connectivity index (χ2v) is 4.46. The van der Waals surface area contributed by atoms with E-state index in [0.717, 1.165) is 6.07 Å². The van der Waals surface area contributed by atoms with E-state index in [0.29, 0.717) is 11.9 Å².